The Morgan fingerprint density at radius 3 is 1.03 bits per heavy atom. The summed E-state index contributed by atoms with van der Waals surface area (Å²) in [5.41, 5.74) is -11.2. The third-order valence-corrected chi connectivity index (χ3v) is 11.9. The minimum absolute atomic E-state index is 0.873. The van der Waals surface area contributed by atoms with Crippen LogP contribution in [0.15, 0.2) is 84.4 Å². The third kappa shape index (κ3) is 7.16. The number of benzene rings is 8. The maximum atomic E-state index is 15.4. The molecule has 2 nitrogen and oxygen atoms in total. The molecule has 0 fully saturated rings. The monoisotopic (exact) mass is 1010 g/mol. The molecule has 0 unspecified atom stereocenters. The average Bonchev–Trinajstić information content (AvgIpc) is 3.76. The second kappa shape index (κ2) is 17.6. The first kappa shape index (κ1) is 48.1. The van der Waals surface area contributed by atoms with Gasteiger partial charge < -0.3 is 0 Å². The SMILES string of the molecule is Fc1c(F)c(F)c([B-](c2c(F)c(F)c(F)c(F)c2F)(c2c(F)c(F)c(F)c(F)c2F)c2c(F)c(F)c(F)c(F)c2F)c(F)c1F.c1ccc2c(c1)cc(O[n+]1csc3ccccc31)c1ccccc12. The van der Waals surface area contributed by atoms with E-state index in [1.807, 2.05) is 16.3 Å². The number of hydrogen-bond acceptors (Lipinski definition) is 2. The van der Waals surface area contributed by atoms with Gasteiger partial charge in [-0.05, 0) is 28.3 Å². The van der Waals surface area contributed by atoms with E-state index in [0.29, 0.717) is 0 Å². The molecule has 0 aliphatic carbocycles. The standard InChI is InChI=1S/C24BF20.C21H14NOS/c26-5-1(6(27)14(35)21(42)13(5)34)25(2-7(28)15(36)22(43)16(37)8(2)29,3-9(30)17(38)23(44)18(39)10(3)31)4-11(32)19(40)24(45)20(41)12(4)33;1-2-8-16-15(7-1)13-20(18-10-4-3-9-17(16)18)23-22-14-24-21-12-6-5-11-19(21)22/h;1-14H/q-1;+1. The van der Waals surface area contributed by atoms with Crippen LogP contribution in [0.3, 0.4) is 0 Å². The number of aromatic nitrogens is 1. The lowest BCUT2D eigenvalue weighted by Crippen LogP contribution is -2.81. The Labute approximate surface area is 374 Å². The van der Waals surface area contributed by atoms with Crippen LogP contribution in [0.25, 0.3) is 31.8 Å². The van der Waals surface area contributed by atoms with Gasteiger partial charge in [-0.15, -0.1) is 21.9 Å². The molecule has 0 atom stereocenters. The van der Waals surface area contributed by atoms with Crippen LogP contribution >= 0.6 is 11.3 Å². The van der Waals surface area contributed by atoms with E-state index in [0.717, 1.165) is 16.7 Å². The van der Waals surface area contributed by atoms with Crippen molar-refractivity contribution in [3.05, 3.63) is 201 Å². The summed E-state index contributed by atoms with van der Waals surface area (Å²) in [4.78, 5) is 6.28. The van der Waals surface area contributed by atoms with E-state index in [1.54, 1.807) is 11.3 Å². The maximum absolute atomic E-state index is 15.4. The first-order chi connectivity index (χ1) is 32.6. The van der Waals surface area contributed by atoms with Gasteiger partial charge >= 0.3 is 0 Å². The fourth-order valence-corrected chi connectivity index (χ4v) is 8.85. The predicted molar refractivity (Wildman–Crippen MR) is 209 cm³/mol. The molecule has 9 rings (SSSR count). The maximum Gasteiger partial charge on any atom is 0.278 e. The fourth-order valence-electron chi connectivity index (χ4n) is 8.05. The molecule has 0 saturated carbocycles. The molecular formula is C45H14BF20NOS. The Morgan fingerprint density at radius 2 is 0.638 bits per heavy atom. The molecule has 0 aliphatic rings. The molecule has 69 heavy (non-hydrogen) atoms. The Morgan fingerprint density at radius 1 is 0.333 bits per heavy atom. The Hall–Kier alpha value is -7.37. The van der Waals surface area contributed by atoms with Gasteiger partial charge in [0.1, 0.15) is 57.4 Å². The van der Waals surface area contributed by atoms with Gasteiger partial charge in [-0.2, -0.15) is 0 Å². The zero-order valence-corrected chi connectivity index (χ0v) is 33.8. The number of fused-ring (bicyclic) bond motifs is 4. The van der Waals surface area contributed by atoms with Crippen molar-refractivity contribution in [2.75, 3.05) is 0 Å². The molecule has 0 aliphatic heterocycles. The summed E-state index contributed by atoms with van der Waals surface area (Å²) in [6.07, 6.45) is -7.22. The highest BCUT2D eigenvalue weighted by molar-refractivity contribution is 7.20. The van der Waals surface area contributed by atoms with Gasteiger partial charge in [0.15, 0.2) is 69.8 Å². The second-order valence-electron chi connectivity index (χ2n) is 14.5. The van der Waals surface area contributed by atoms with Crippen LogP contribution in [-0.4, -0.2) is 6.15 Å². The molecule has 354 valence electrons. The molecule has 0 amide bonds. The van der Waals surface area contributed by atoms with E-state index in [-0.39, 0.29) is 0 Å². The van der Waals surface area contributed by atoms with E-state index in [9.17, 15) is 52.7 Å². The van der Waals surface area contributed by atoms with Crippen molar-refractivity contribution in [2.24, 2.45) is 0 Å². The number of halogens is 20. The summed E-state index contributed by atoms with van der Waals surface area (Å²) < 4.78 is 297. The topological polar surface area (TPSA) is 13.1 Å². The minimum atomic E-state index is -7.22. The van der Waals surface area contributed by atoms with Crippen molar-refractivity contribution in [1.82, 2.24) is 0 Å². The van der Waals surface area contributed by atoms with Gasteiger partial charge in [0.25, 0.3) is 11.0 Å². The molecule has 8 aromatic carbocycles. The molecule has 0 N–H and O–H groups in total. The van der Waals surface area contributed by atoms with Gasteiger partial charge in [-0.25, -0.2) is 92.6 Å². The molecule has 0 bridgehead atoms. The van der Waals surface area contributed by atoms with E-state index in [1.165, 1.54) is 20.9 Å². The molecule has 1 heterocycles. The largest absolute Gasteiger partial charge is 0.278 e. The van der Waals surface area contributed by atoms with Crippen LogP contribution in [0, 0.1) is 116 Å². The summed E-state index contributed by atoms with van der Waals surface area (Å²) in [6, 6.07) is 27.2. The van der Waals surface area contributed by atoms with E-state index in [4.69, 9.17) is 4.84 Å². The lowest BCUT2D eigenvalue weighted by atomic mass is 9.12. The van der Waals surface area contributed by atoms with Crippen molar-refractivity contribution in [3.63, 3.8) is 0 Å². The van der Waals surface area contributed by atoms with Gasteiger partial charge in [0, 0.05) is 16.2 Å². The predicted octanol–water partition coefficient (Wildman–Crippen LogP) is 11.2. The van der Waals surface area contributed by atoms with Crippen LogP contribution in [0.2, 0.25) is 0 Å². The van der Waals surface area contributed by atoms with Crippen LogP contribution in [0.4, 0.5) is 87.8 Å². The van der Waals surface area contributed by atoms with Crippen LogP contribution in [0.5, 0.6) is 5.75 Å². The van der Waals surface area contributed by atoms with E-state index < -0.39 is 144 Å². The first-order valence-electron chi connectivity index (χ1n) is 18.8. The summed E-state index contributed by atoms with van der Waals surface area (Å²) in [5, 5.41) is 4.77. The molecule has 1 aromatic heterocycles. The molecule has 0 spiro atoms. The van der Waals surface area contributed by atoms with Crippen LogP contribution in [-0.2, 0) is 0 Å². The highest BCUT2D eigenvalue weighted by Gasteiger charge is 2.52. The van der Waals surface area contributed by atoms with Crippen LogP contribution in [0.1, 0.15) is 0 Å². The highest BCUT2D eigenvalue weighted by atomic mass is 32.1. The number of rotatable bonds is 6. The fraction of sp³-hybridized carbons (Fsp3) is 0. The smallest absolute Gasteiger partial charge is 0.229 e. The lowest BCUT2D eigenvalue weighted by Gasteiger charge is -2.44. The van der Waals surface area contributed by atoms with Crippen molar-refractivity contribution < 1.29 is 97.4 Å². The Balaban J connectivity index is 0.000000221. The number of thiazole rings is 1. The van der Waals surface area contributed by atoms with Crippen molar-refractivity contribution in [3.8, 4) is 5.75 Å². The van der Waals surface area contributed by atoms with Crippen molar-refractivity contribution in [2.45, 2.75) is 0 Å². The normalized spacial score (nSPS) is 11.8. The summed E-state index contributed by atoms with van der Waals surface area (Å²) in [7, 11) is 0. The van der Waals surface area contributed by atoms with Crippen molar-refractivity contribution >= 4 is 71.1 Å². The second-order valence-corrected chi connectivity index (χ2v) is 15.4. The zero-order chi connectivity index (χ0) is 50.3. The Kier molecular flexibility index (Phi) is 12.3. The summed E-state index contributed by atoms with van der Waals surface area (Å²) in [5.74, 6) is -70.5. The first-order valence-corrected chi connectivity index (χ1v) is 19.7. The zero-order valence-electron chi connectivity index (χ0n) is 33.0. The molecular weight excluding hydrogens is 993 g/mol. The van der Waals surface area contributed by atoms with Gasteiger partial charge in [0.05, 0.1) is 0 Å². The van der Waals surface area contributed by atoms with Gasteiger partial charge in [-0.1, -0.05) is 72.0 Å². The lowest BCUT2D eigenvalue weighted by molar-refractivity contribution is -0.851. The third-order valence-electron chi connectivity index (χ3n) is 11.0. The number of para-hydroxylation sites is 1. The number of hydrogen-bond donors (Lipinski definition) is 0. The van der Waals surface area contributed by atoms with Gasteiger partial charge in [0.2, 0.25) is 5.75 Å². The molecule has 0 radical (unpaired) electrons. The Bertz CT molecular complexity index is 3240. The summed E-state index contributed by atoms with van der Waals surface area (Å²) in [6.45, 7) is 0. The molecule has 24 heteroatoms. The average molecular weight is 1010 g/mol. The van der Waals surface area contributed by atoms with Gasteiger partial charge in [-0.3, -0.25) is 0 Å². The molecule has 0 saturated heterocycles. The molecule has 9 aromatic rings. The highest BCUT2D eigenvalue weighted by Crippen LogP contribution is 2.34. The van der Waals surface area contributed by atoms with Crippen LogP contribution < -0.4 is 31.4 Å². The minimum Gasteiger partial charge on any atom is -0.229 e. The number of nitrogens with zero attached hydrogens (tertiary/aromatic N) is 1. The van der Waals surface area contributed by atoms with E-state index >= 15 is 35.1 Å². The van der Waals surface area contributed by atoms with Crippen molar-refractivity contribution in [1.29, 1.82) is 0 Å². The summed E-state index contributed by atoms with van der Waals surface area (Å²) >= 11 is 1.68. The quantitative estimate of drug-likeness (QED) is 0.0404. The van der Waals surface area contributed by atoms with E-state index in [2.05, 4.69) is 72.8 Å².